The van der Waals surface area contributed by atoms with Gasteiger partial charge in [-0.1, -0.05) is 24.4 Å². The zero-order valence-corrected chi connectivity index (χ0v) is 13.3. The first-order valence-corrected chi connectivity index (χ1v) is 7.28. The van der Waals surface area contributed by atoms with Crippen LogP contribution in [-0.2, 0) is 6.61 Å². The Bertz CT molecular complexity index is 839. The van der Waals surface area contributed by atoms with Crippen molar-refractivity contribution in [3.8, 4) is 11.8 Å². The summed E-state index contributed by atoms with van der Waals surface area (Å²) in [6.45, 7) is 0.269. The lowest BCUT2D eigenvalue weighted by Crippen LogP contribution is -2.09. The normalized spacial score (nSPS) is 10.7. The standard InChI is InChI=1S/C17H13N3O3S/c18-10-14(17(19)24)8-13-2-1-3-16(9-13)23-11-12-4-6-15(7-5-12)20(21)22/h1-9H,11H2,(H2,19,24)/b14-8+. The number of nitro groups is 1. The van der Waals surface area contributed by atoms with Gasteiger partial charge in [0.2, 0.25) is 0 Å². The molecule has 0 aromatic heterocycles. The molecule has 0 unspecified atom stereocenters. The topological polar surface area (TPSA) is 102 Å². The first-order chi connectivity index (χ1) is 11.5. The van der Waals surface area contributed by atoms with Crippen LogP contribution in [0.5, 0.6) is 5.75 Å². The van der Waals surface area contributed by atoms with Gasteiger partial charge in [0, 0.05) is 12.1 Å². The Hall–Kier alpha value is -3.24. The van der Waals surface area contributed by atoms with Gasteiger partial charge in [-0.05, 0) is 41.5 Å². The van der Waals surface area contributed by atoms with Gasteiger partial charge in [-0.2, -0.15) is 5.26 Å². The van der Waals surface area contributed by atoms with E-state index in [2.05, 4.69) is 0 Å². The number of thiocarbonyl (C=S) groups is 1. The Morgan fingerprint density at radius 3 is 2.62 bits per heavy atom. The summed E-state index contributed by atoms with van der Waals surface area (Å²) in [5.74, 6) is 0.599. The third kappa shape index (κ3) is 4.63. The molecule has 0 radical (unpaired) electrons. The van der Waals surface area contributed by atoms with Crippen LogP contribution >= 0.6 is 12.2 Å². The predicted octanol–water partition coefficient (Wildman–Crippen LogP) is 3.37. The van der Waals surface area contributed by atoms with E-state index in [0.717, 1.165) is 11.1 Å². The lowest BCUT2D eigenvalue weighted by Gasteiger charge is -2.07. The van der Waals surface area contributed by atoms with Crippen molar-refractivity contribution in [1.82, 2.24) is 0 Å². The first-order valence-electron chi connectivity index (χ1n) is 6.87. The van der Waals surface area contributed by atoms with E-state index in [9.17, 15) is 10.1 Å². The maximum absolute atomic E-state index is 10.6. The number of nitriles is 1. The number of hydrogen-bond acceptors (Lipinski definition) is 5. The molecule has 0 fully saturated rings. The summed E-state index contributed by atoms with van der Waals surface area (Å²) >= 11 is 4.80. The summed E-state index contributed by atoms with van der Waals surface area (Å²) < 4.78 is 5.66. The quantitative estimate of drug-likeness (QED) is 0.285. The first kappa shape index (κ1) is 17.1. The van der Waals surface area contributed by atoms with Gasteiger partial charge in [0.15, 0.2) is 0 Å². The average Bonchev–Trinajstić information content (AvgIpc) is 2.58. The van der Waals surface area contributed by atoms with Gasteiger partial charge in [-0.3, -0.25) is 10.1 Å². The second-order valence-corrected chi connectivity index (χ2v) is 5.26. The van der Waals surface area contributed by atoms with Crippen LogP contribution in [-0.4, -0.2) is 9.91 Å². The van der Waals surface area contributed by atoms with Gasteiger partial charge in [0.1, 0.15) is 23.4 Å². The number of nitrogens with two attached hydrogens (primary N) is 1. The van der Waals surface area contributed by atoms with Gasteiger partial charge in [-0.25, -0.2) is 0 Å². The van der Waals surface area contributed by atoms with Crippen molar-refractivity contribution in [2.75, 3.05) is 0 Å². The molecule has 6 nitrogen and oxygen atoms in total. The Balaban J connectivity index is 2.08. The Kier molecular flexibility index (Phi) is 5.60. The van der Waals surface area contributed by atoms with Gasteiger partial charge in [0.25, 0.3) is 5.69 Å². The molecule has 2 rings (SSSR count). The highest BCUT2D eigenvalue weighted by molar-refractivity contribution is 7.80. The smallest absolute Gasteiger partial charge is 0.269 e. The van der Waals surface area contributed by atoms with Crippen molar-refractivity contribution in [3.63, 3.8) is 0 Å². The molecule has 0 aliphatic carbocycles. The summed E-state index contributed by atoms with van der Waals surface area (Å²) in [4.78, 5) is 10.2. The van der Waals surface area contributed by atoms with Crippen molar-refractivity contribution < 1.29 is 9.66 Å². The van der Waals surface area contributed by atoms with Crippen LogP contribution in [0.15, 0.2) is 54.1 Å². The van der Waals surface area contributed by atoms with Gasteiger partial charge in [0.05, 0.1) is 10.5 Å². The second kappa shape index (κ2) is 7.85. The van der Waals surface area contributed by atoms with Gasteiger partial charge in [-0.15, -0.1) is 0 Å². The van der Waals surface area contributed by atoms with Crippen molar-refractivity contribution in [1.29, 1.82) is 5.26 Å². The molecule has 0 amide bonds. The molecule has 0 aliphatic rings. The molecule has 0 bridgehead atoms. The molecule has 0 spiro atoms. The summed E-state index contributed by atoms with van der Waals surface area (Å²) in [6.07, 6.45) is 1.58. The minimum Gasteiger partial charge on any atom is -0.489 e. The number of hydrogen-bond donors (Lipinski definition) is 1. The van der Waals surface area contributed by atoms with Crippen LogP contribution in [0.25, 0.3) is 6.08 Å². The van der Waals surface area contributed by atoms with Crippen LogP contribution in [0, 0.1) is 21.4 Å². The number of rotatable bonds is 6. The van der Waals surface area contributed by atoms with Crippen LogP contribution in [0.3, 0.4) is 0 Å². The minimum absolute atomic E-state index is 0.0349. The molecule has 0 saturated heterocycles. The Morgan fingerprint density at radius 1 is 1.33 bits per heavy atom. The molecule has 2 aromatic rings. The van der Waals surface area contributed by atoms with E-state index in [0.29, 0.717) is 5.75 Å². The van der Waals surface area contributed by atoms with E-state index in [1.165, 1.54) is 12.1 Å². The molecule has 24 heavy (non-hydrogen) atoms. The number of ether oxygens (including phenoxy) is 1. The van der Waals surface area contributed by atoms with E-state index in [4.69, 9.17) is 28.0 Å². The molecule has 0 aliphatic heterocycles. The minimum atomic E-state index is -0.449. The summed E-state index contributed by atoms with van der Waals surface area (Å²) in [7, 11) is 0. The molecule has 2 N–H and O–H groups in total. The fraction of sp³-hybridized carbons (Fsp3) is 0.0588. The third-order valence-electron chi connectivity index (χ3n) is 3.11. The van der Waals surface area contributed by atoms with Crippen molar-refractivity contribution in [2.24, 2.45) is 5.73 Å². The largest absolute Gasteiger partial charge is 0.489 e. The fourth-order valence-corrected chi connectivity index (χ4v) is 2.00. The number of nitro benzene ring substituents is 1. The lowest BCUT2D eigenvalue weighted by molar-refractivity contribution is -0.384. The molecule has 0 heterocycles. The van der Waals surface area contributed by atoms with Crippen molar-refractivity contribution in [3.05, 3.63) is 75.3 Å². The number of benzene rings is 2. The van der Waals surface area contributed by atoms with Gasteiger partial charge >= 0.3 is 0 Å². The average molecular weight is 339 g/mol. The van der Waals surface area contributed by atoms with E-state index in [-0.39, 0.29) is 22.9 Å². The highest BCUT2D eigenvalue weighted by Crippen LogP contribution is 2.18. The van der Waals surface area contributed by atoms with Crippen molar-refractivity contribution >= 4 is 29.0 Å². The monoisotopic (exact) mass is 339 g/mol. The van der Waals surface area contributed by atoms with E-state index in [1.54, 1.807) is 42.5 Å². The van der Waals surface area contributed by atoms with Crippen LogP contribution < -0.4 is 10.5 Å². The highest BCUT2D eigenvalue weighted by atomic mass is 32.1. The molecule has 120 valence electrons. The van der Waals surface area contributed by atoms with E-state index in [1.807, 2.05) is 6.07 Å². The Morgan fingerprint density at radius 2 is 2.04 bits per heavy atom. The fourth-order valence-electron chi connectivity index (χ4n) is 1.90. The Labute approximate surface area is 143 Å². The number of nitrogens with zero attached hydrogens (tertiary/aromatic N) is 2. The zero-order chi connectivity index (χ0) is 17.5. The van der Waals surface area contributed by atoms with Crippen LogP contribution in [0.2, 0.25) is 0 Å². The maximum Gasteiger partial charge on any atom is 0.269 e. The van der Waals surface area contributed by atoms with Crippen LogP contribution in [0.4, 0.5) is 5.69 Å². The molecule has 2 aromatic carbocycles. The molecule has 0 atom stereocenters. The zero-order valence-electron chi connectivity index (χ0n) is 12.5. The second-order valence-electron chi connectivity index (χ2n) is 4.82. The van der Waals surface area contributed by atoms with Crippen molar-refractivity contribution in [2.45, 2.75) is 6.61 Å². The lowest BCUT2D eigenvalue weighted by atomic mass is 10.1. The third-order valence-corrected chi connectivity index (χ3v) is 3.33. The highest BCUT2D eigenvalue weighted by Gasteiger charge is 2.05. The SMILES string of the molecule is N#C/C(=C\c1cccc(OCc2ccc([N+](=O)[O-])cc2)c1)C(N)=S. The predicted molar refractivity (Wildman–Crippen MR) is 94.2 cm³/mol. The van der Waals surface area contributed by atoms with Crippen LogP contribution in [0.1, 0.15) is 11.1 Å². The summed E-state index contributed by atoms with van der Waals surface area (Å²) in [5.41, 5.74) is 7.26. The van der Waals surface area contributed by atoms with Gasteiger partial charge < -0.3 is 10.5 Å². The molecular weight excluding hydrogens is 326 g/mol. The van der Waals surface area contributed by atoms with E-state index >= 15 is 0 Å². The molecular formula is C17H13N3O3S. The molecule has 7 heteroatoms. The maximum atomic E-state index is 10.6. The summed E-state index contributed by atoms with van der Waals surface area (Å²) in [5, 5.41) is 19.6. The summed E-state index contributed by atoms with van der Waals surface area (Å²) in [6, 6.07) is 15.2. The van der Waals surface area contributed by atoms with E-state index < -0.39 is 4.92 Å². The molecule has 0 saturated carbocycles. The number of non-ortho nitro benzene ring substituents is 1.